The third kappa shape index (κ3) is 6.32. The summed E-state index contributed by atoms with van der Waals surface area (Å²) in [5.41, 5.74) is 1.61. The van der Waals surface area contributed by atoms with Crippen LogP contribution in [0.15, 0.2) is 35.3 Å². The van der Waals surface area contributed by atoms with Crippen LogP contribution in [0.25, 0.3) is 0 Å². The molecule has 0 radical (unpaired) electrons. The van der Waals surface area contributed by atoms with Crippen molar-refractivity contribution in [3.05, 3.63) is 35.9 Å². The Morgan fingerprint density at radius 2 is 1.75 bits per heavy atom. The molecular weight excluding hydrogens is 487 g/mol. The Labute approximate surface area is 186 Å². The summed E-state index contributed by atoms with van der Waals surface area (Å²) in [5, 5.41) is 6.90. The Hall–Kier alpha value is -0.870. The minimum Gasteiger partial charge on any atom is -0.356 e. The van der Waals surface area contributed by atoms with Crippen LogP contribution in [0.4, 0.5) is 0 Å². The molecule has 0 amide bonds. The molecule has 6 nitrogen and oxygen atoms in total. The van der Waals surface area contributed by atoms with E-state index in [4.69, 9.17) is 0 Å². The van der Waals surface area contributed by atoms with Crippen molar-refractivity contribution in [3.8, 4) is 0 Å². The molecule has 1 aliphatic carbocycles. The summed E-state index contributed by atoms with van der Waals surface area (Å²) < 4.78 is 23.0. The van der Waals surface area contributed by atoms with Gasteiger partial charge in [0.25, 0.3) is 0 Å². The smallest absolute Gasteiger partial charge is 0.191 e. The molecule has 1 heterocycles. The van der Waals surface area contributed by atoms with Crippen LogP contribution >= 0.6 is 24.0 Å². The highest BCUT2D eigenvalue weighted by Gasteiger charge is 2.35. The van der Waals surface area contributed by atoms with Gasteiger partial charge in [-0.05, 0) is 18.4 Å². The van der Waals surface area contributed by atoms with Crippen LogP contribution in [0.1, 0.15) is 31.2 Å². The zero-order chi connectivity index (χ0) is 19.2. The number of aliphatic imine (C=N–C) groups is 1. The van der Waals surface area contributed by atoms with Gasteiger partial charge in [0.2, 0.25) is 0 Å². The second-order valence-electron chi connectivity index (χ2n) is 7.70. The van der Waals surface area contributed by atoms with Crippen molar-refractivity contribution < 1.29 is 8.42 Å². The molecule has 1 aromatic carbocycles. The molecule has 158 valence electrons. The molecule has 1 aliphatic heterocycles. The van der Waals surface area contributed by atoms with E-state index in [0.29, 0.717) is 13.1 Å². The van der Waals surface area contributed by atoms with E-state index >= 15 is 0 Å². The fourth-order valence-corrected chi connectivity index (χ4v) is 5.47. The predicted octanol–water partition coefficient (Wildman–Crippen LogP) is 2.01. The first-order chi connectivity index (χ1) is 13.0. The van der Waals surface area contributed by atoms with Gasteiger partial charge in [-0.3, -0.25) is 9.89 Å². The van der Waals surface area contributed by atoms with Crippen molar-refractivity contribution in [1.29, 1.82) is 0 Å². The standard InChI is InChI=1S/C20H32N4O2S.HI/c1-21-19(22-11-12-24-13-15-27(25,26)16-14-24)23-17-20(9-5-6-10-20)18-7-3-2-4-8-18;/h2-4,7-8H,5-6,9-17H2,1H3,(H2,21,22,23);1H. The SMILES string of the molecule is CN=C(NCCN1CCS(=O)(=O)CC1)NCC1(c2ccccc2)CCCC1.I. The molecule has 8 heteroatoms. The molecule has 0 spiro atoms. The molecule has 0 unspecified atom stereocenters. The molecule has 0 bridgehead atoms. The van der Waals surface area contributed by atoms with Crippen LogP contribution in [0.2, 0.25) is 0 Å². The summed E-state index contributed by atoms with van der Waals surface area (Å²) in [6, 6.07) is 10.8. The van der Waals surface area contributed by atoms with Crippen LogP contribution in [0.5, 0.6) is 0 Å². The van der Waals surface area contributed by atoms with Gasteiger partial charge in [0, 0.05) is 45.2 Å². The van der Waals surface area contributed by atoms with E-state index in [0.717, 1.165) is 25.6 Å². The highest BCUT2D eigenvalue weighted by atomic mass is 127. The second-order valence-corrected chi connectivity index (χ2v) is 10.0. The number of hydrogen-bond donors (Lipinski definition) is 2. The van der Waals surface area contributed by atoms with Gasteiger partial charge in [-0.1, -0.05) is 43.2 Å². The van der Waals surface area contributed by atoms with Crippen molar-refractivity contribution in [2.75, 3.05) is 51.3 Å². The number of nitrogens with one attached hydrogen (secondary N) is 2. The first kappa shape index (κ1) is 23.4. The van der Waals surface area contributed by atoms with Crippen molar-refractivity contribution in [1.82, 2.24) is 15.5 Å². The van der Waals surface area contributed by atoms with Gasteiger partial charge in [-0.2, -0.15) is 0 Å². The van der Waals surface area contributed by atoms with E-state index in [1.165, 1.54) is 31.2 Å². The summed E-state index contributed by atoms with van der Waals surface area (Å²) in [7, 11) is -1.01. The maximum atomic E-state index is 11.5. The lowest BCUT2D eigenvalue weighted by molar-refractivity contribution is 0.299. The predicted molar refractivity (Wildman–Crippen MR) is 126 cm³/mol. The van der Waals surface area contributed by atoms with Crippen LogP contribution in [-0.4, -0.2) is 70.6 Å². The Morgan fingerprint density at radius 1 is 1.11 bits per heavy atom. The van der Waals surface area contributed by atoms with Gasteiger partial charge in [0.1, 0.15) is 0 Å². The summed E-state index contributed by atoms with van der Waals surface area (Å²) in [6.45, 7) is 3.75. The minimum absolute atomic E-state index is 0. The lowest BCUT2D eigenvalue weighted by Gasteiger charge is -2.31. The zero-order valence-corrected chi connectivity index (χ0v) is 19.8. The summed E-state index contributed by atoms with van der Waals surface area (Å²) in [6.07, 6.45) is 4.98. The molecular formula is C20H33IN4O2S. The molecule has 1 saturated heterocycles. The molecule has 2 aliphatic rings. The third-order valence-electron chi connectivity index (χ3n) is 5.92. The monoisotopic (exact) mass is 520 g/mol. The number of halogens is 1. The van der Waals surface area contributed by atoms with Crippen molar-refractivity contribution >= 4 is 39.8 Å². The van der Waals surface area contributed by atoms with Crippen molar-refractivity contribution in [2.24, 2.45) is 4.99 Å². The number of benzene rings is 1. The highest BCUT2D eigenvalue weighted by molar-refractivity contribution is 14.0. The van der Waals surface area contributed by atoms with Gasteiger partial charge in [0.15, 0.2) is 15.8 Å². The Bertz CT molecular complexity index is 720. The van der Waals surface area contributed by atoms with Gasteiger partial charge >= 0.3 is 0 Å². The van der Waals surface area contributed by atoms with Crippen LogP contribution in [0.3, 0.4) is 0 Å². The van der Waals surface area contributed by atoms with Gasteiger partial charge in [-0.25, -0.2) is 8.42 Å². The Morgan fingerprint density at radius 3 is 2.36 bits per heavy atom. The maximum absolute atomic E-state index is 11.5. The Balaban J connectivity index is 0.00000280. The quantitative estimate of drug-likeness (QED) is 0.341. The van der Waals surface area contributed by atoms with Crippen molar-refractivity contribution in [2.45, 2.75) is 31.1 Å². The molecule has 28 heavy (non-hydrogen) atoms. The summed E-state index contributed by atoms with van der Waals surface area (Å²) >= 11 is 0. The van der Waals surface area contributed by atoms with Gasteiger partial charge in [-0.15, -0.1) is 24.0 Å². The first-order valence-electron chi connectivity index (χ1n) is 9.96. The van der Waals surface area contributed by atoms with Crippen LogP contribution in [-0.2, 0) is 15.3 Å². The lowest BCUT2D eigenvalue weighted by atomic mass is 9.79. The van der Waals surface area contributed by atoms with E-state index in [1.807, 2.05) is 0 Å². The molecule has 2 fully saturated rings. The Kier molecular flexibility index (Phi) is 9.01. The second kappa shape index (κ2) is 10.8. The largest absolute Gasteiger partial charge is 0.356 e. The summed E-state index contributed by atoms with van der Waals surface area (Å²) in [4.78, 5) is 6.56. The number of hydrogen-bond acceptors (Lipinski definition) is 4. The minimum atomic E-state index is -2.81. The molecule has 0 atom stereocenters. The third-order valence-corrected chi connectivity index (χ3v) is 7.53. The van der Waals surface area contributed by atoms with E-state index in [2.05, 4.69) is 50.9 Å². The van der Waals surface area contributed by atoms with Gasteiger partial charge < -0.3 is 10.6 Å². The molecule has 0 aromatic heterocycles. The highest BCUT2D eigenvalue weighted by Crippen LogP contribution is 2.40. The number of rotatable bonds is 6. The average molecular weight is 520 g/mol. The first-order valence-corrected chi connectivity index (χ1v) is 11.8. The van der Waals surface area contributed by atoms with Gasteiger partial charge in [0.05, 0.1) is 11.5 Å². The molecule has 1 aromatic rings. The summed E-state index contributed by atoms with van der Waals surface area (Å²) in [5.74, 6) is 1.38. The van der Waals surface area contributed by atoms with Crippen LogP contribution in [0, 0.1) is 0 Å². The number of sulfone groups is 1. The topological polar surface area (TPSA) is 73.8 Å². The van der Waals surface area contributed by atoms with E-state index < -0.39 is 9.84 Å². The number of guanidine groups is 1. The normalized spacial score (nSPS) is 21.7. The van der Waals surface area contributed by atoms with Crippen molar-refractivity contribution in [3.63, 3.8) is 0 Å². The molecule has 2 N–H and O–H groups in total. The fourth-order valence-electron chi connectivity index (χ4n) is 4.19. The molecule has 3 rings (SSSR count). The van der Waals surface area contributed by atoms with E-state index in [1.54, 1.807) is 7.05 Å². The lowest BCUT2D eigenvalue weighted by Crippen LogP contribution is -2.48. The van der Waals surface area contributed by atoms with Crippen LogP contribution < -0.4 is 10.6 Å². The number of nitrogens with zero attached hydrogens (tertiary/aromatic N) is 2. The molecule has 1 saturated carbocycles. The van der Waals surface area contributed by atoms with E-state index in [-0.39, 0.29) is 40.9 Å². The average Bonchev–Trinajstić information content (AvgIpc) is 3.16. The van der Waals surface area contributed by atoms with E-state index in [9.17, 15) is 8.42 Å². The maximum Gasteiger partial charge on any atom is 0.191 e. The fraction of sp³-hybridized carbons (Fsp3) is 0.650. The zero-order valence-electron chi connectivity index (χ0n) is 16.7.